The molecular formula is C11H9Cl2N5O3. The lowest BCUT2D eigenvalue weighted by Crippen LogP contribution is -2.27. The number of amides is 1. The highest BCUT2D eigenvalue weighted by Gasteiger charge is 2.21. The number of rotatable bonds is 4. The largest absolute Gasteiger partial charge is 0.342 e. The SMILES string of the molecule is CC(NC(=O)c1cc([N+](=O)[O-])cc(Cl)c1Cl)c1ncn[nH]1. The zero-order valence-electron chi connectivity index (χ0n) is 10.6. The molecule has 2 rings (SSSR count). The summed E-state index contributed by atoms with van der Waals surface area (Å²) >= 11 is 11.7. The van der Waals surface area contributed by atoms with Gasteiger partial charge in [0.1, 0.15) is 12.2 Å². The predicted octanol–water partition coefficient (Wildman–Crippen LogP) is 2.51. The Balaban J connectivity index is 2.28. The maximum absolute atomic E-state index is 12.2. The van der Waals surface area contributed by atoms with E-state index >= 15 is 0 Å². The summed E-state index contributed by atoms with van der Waals surface area (Å²) in [5.41, 5.74) is -0.399. The van der Waals surface area contributed by atoms with Crippen LogP contribution in [0.2, 0.25) is 10.0 Å². The highest BCUT2D eigenvalue weighted by molar-refractivity contribution is 6.44. The zero-order valence-corrected chi connectivity index (χ0v) is 12.1. The summed E-state index contributed by atoms with van der Waals surface area (Å²) in [4.78, 5) is 26.2. The number of nitrogens with zero attached hydrogens (tertiary/aromatic N) is 3. The third-order valence-corrected chi connectivity index (χ3v) is 3.46. The van der Waals surface area contributed by atoms with E-state index in [-0.39, 0.29) is 21.3 Å². The van der Waals surface area contributed by atoms with Crippen LogP contribution >= 0.6 is 23.2 Å². The van der Waals surface area contributed by atoms with E-state index in [1.54, 1.807) is 6.92 Å². The molecule has 0 bridgehead atoms. The van der Waals surface area contributed by atoms with Gasteiger partial charge in [-0.3, -0.25) is 20.0 Å². The molecule has 1 atom stereocenters. The number of hydrogen-bond acceptors (Lipinski definition) is 5. The fraction of sp³-hybridized carbons (Fsp3) is 0.182. The van der Waals surface area contributed by atoms with Crippen molar-refractivity contribution >= 4 is 34.8 Å². The predicted molar refractivity (Wildman–Crippen MR) is 75.4 cm³/mol. The van der Waals surface area contributed by atoms with Crippen molar-refractivity contribution in [2.75, 3.05) is 0 Å². The normalized spacial score (nSPS) is 12.0. The minimum Gasteiger partial charge on any atom is -0.342 e. The molecule has 0 aliphatic rings. The number of nitro groups is 1. The number of carbonyl (C=O) groups excluding carboxylic acids is 1. The smallest absolute Gasteiger partial charge is 0.271 e. The van der Waals surface area contributed by atoms with Crippen LogP contribution < -0.4 is 5.32 Å². The van der Waals surface area contributed by atoms with Crippen LogP contribution in [0.5, 0.6) is 0 Å². The lowest BCUT2D eigenvalue weighted by molar-refractivity contribution is -0.384. The molecular weight excluding hydrogens is 321 g/mol. The zero-order chi connectivity index (χ0) is 15.6. The number of aromatic amines is 1. The number of nitrogens with one attached hydrogen (secondary N) is 2. The van der Waals surface area contributed by atoms with E-state index in [2.05, 4.69) is 20.5 Å². The van der Waals surface area contributed by atoms with Crippen LogP contribution in [0.25, 0.3) is 0 Å². The minimum atomic E-state index is -0.654. The number of nitro benzene ring substituents is 1. The standard InChI is InChI=1S/C11H9Cl2N5O3/c1-5(10-14-4-15-17-10)16-11(19)7-2-6(18(20)21)3-8(12)9(7)13/h2-5H,1H3,(H,16,19)(H,14,15,17). The molecule has 2 aromatic rings. The van der Waals surface area contributed by atoms with Crippen molar-refractivity contribution in [3.8, 4) is 0 Å². The average molecular weight is 330 g/mol. The molecule has 0 spiro atoms. The number of aromatic nitrogens is 3. The molecule has 1 aromatic heterocycles. The number of non-ortho nitro benzene ring substituents is 1. The average Bonchev–Trinajstić information content (AvgIpc) is 2.95. The van der Waals surface area contributed by atoms with E-state index in [4.69, 9.17) is 23.2 Å². The fourth-order valence-electron chi connectivity index (χ4n) is 1.61. The first-order chi connectivity index (χ1) is 9.90. The number of halogens is 2. The summed E-state index contributed by atoms with van der Waals surface area (Å²) in [5, 5.41) is 19.5. The van der Waals surface area contributed by atoms with Gasteiger partial charge in [0, 0.05) is 12.1 Å². The van der Waals surface area contributed by atoms with Crippen LogP contribution in [-0.2, 0) is 0 Å². The van der Waals surface area contributed by atoms with Crippen LogP contribution in [0.4, 0.5) is 5.69 Å². The maximum atomic E-state index is 12.2. The molecule has 1 heterocycles. The molecule has 21 heavy (non-hydrogen) atoms. The van der Waals surface area contributed by atoms with Crippen LogP contribution in [-0.4, -0.2) is 26.0 Å². The molecule has 0 aliphatic heterocycles. The Kier molecular flexibility index (Phi) is 4.39. The third kappa shape index (κ3) is 3.29. The molecule has 0 radical (unpaired) electrons. The molecule has 10 heteroatoms. The highest BCUT2D eigenvalue weighted by Crippen LogP contribution is 2.31. The van der Waals surface area contributed by atoms with Crippen molar-refractivity contribution in [2.45, 2.75) is 13.0 Å². The second kappa shape index (κ2) is 6.06. The van der Waals surface area contributed by atoms with Crippen LogP contribution in [0, 0.1) is 10.1 Å². The molecule has 0 saturated heterocycles. The van der Waals surface area contributed by atoms with Gasteiger partial charge in [0.25, 0.3) is 11.6 Å². The first-order valence-corrected chi connectivity index (χ1v) is 6.45. The van der Waals surface area contributed by atoms with Gasteiger partial charge in [-0.25, -0.2) is 4.98 Å². The van der Waals surface area contributed by atoms with Crippen molar-refractivity contribution in [3.05, 3.63) is 50.0 Å². The van der Waals surface area contributed by atoms with Crippen molar-refractivity contribution in [1.82, 2.24) is 20.5 Å². The van der Waals surface area contributed by atoms with E-state index < -0.39 is 16.9 Å². The van der Waals surface area contributed by atoms with Crippen molar-refractivity contribution < 1.29 is 9.72 Å². The molecule has 0 saturated carbocycles. The number of H-pyrrole nitrogens is 1. The highest BCUT2D eigenvalue weighted by atomic mass is 35.5. The van der Waals surface area contributed by atoms with Gasteiger partial charge in [0.05, 0.1) is 26.6 Å². The molecule has 1 unspecified atom stereocenters. The van der Waals surface area contributed by atoms with Gasteiger partial charge in [0.2, 0.25) is 0 Å². The third-order valence-electron chi connectivity index (χ3n) is 2.66. The second-order valence-electron chi connectivity index (χ2n) is 4.11. The monoisotopic (exact) mass is 329 g/mol. The van der Waals surface area contributed by atoms with E-state index in [9.17, 15) is 14.9 Å². The Hall–Kier alpha value is -2.19. The lowest BCUT2D eigenvalue weighted by atomic mass is 10.1. The molecule has 110 valence electrons. The first kappa shape index (κ1) is 15.2. The minimum absolute atomic E-state index is 0.0514. The summed E-state index contributed by atoms with van der Waals surface area (Å²) in [7, 11) is 0. The molecule has 1 aromatic carbocycles. The van der Waals surface area contributed by atoms with E-state index in [0.29, 0.717) is 5.82 Å². The summed E-state index contributed by atoms with van der Waals surface area (Å²) in [6, 6.07) is 1.67. The van der Waals surface area contributed by atoms with Gasteiger partial charge < -0.3 is 5.32 Å². The Bertz CT molecular complexity index is 689. The van der Waals surface area contributed by atoms with Crippen LogP contribution in [0.15, 0.2) is 18.5 Å². The first-order valence-electron chi connectivity index (χ1n) is 5.69. The fourth-order valence-corrected chi connectivity index (χ4v) is 2.02. The molecule has 1 amide bonds. The van der Waals surface area contributed by atoms with Gasteiger partial charge in [-0.2, -0.15) is 5.10 Å². The topological polar surface area (TPSA) is 114 Å². The van der Waals surface area contributed by atoms with Crippen molar-refractivity contribution in [3.63, 3.8) is 0 Å². The van der Waals surface area contributed by atoms with E-state index in [0.717, 1.165) is 12.1 Å². The molecule has 0 fully saturated rings. The molecule has 2 N–H and O–H groups in total. The van der Waals surface area contributed by atoms with Gasteiger partial charge in [0.15, 0.2) is 0 Å². The van der Waals surface area contributed by atoms with Gasteiger partial charge in [-0.05, 0) is 6.92 Å². The Labute approximate surface area is 128 Å². The summed E-state index contributed by atoms with van der Waals surface area (Å²) in [5.74, 6) is -0.162. The van der Waals surface area contributed by atoms with Crippen molar-refractivity contribution in [1.29, 1.82) is 0 Å². The quantitative estimate of drug-likeness (QED) is 0.660. The van der Waals surface area contributed by atoms with E-state index in [1.807, 2.05) is 0 Å². The van der Waals surface area contributed by atoms with Crippen LogP contribution in [0.3, 0.4) is 0 Å². The van der Waals surface area contributed by atoms with Crippen molar-refractivity contribution in [2.24, 2.45) is 0 Å². The number of hydrogen-bond donors (Lipinski definition) is 2. The van der Waals surface area contributed by atoms with Gasteiger partial charge in [-0.1, -0.05) is 23.2 Å². The second-order valence-corrected chi connectivity index (χ2v) is 4.90. The summed E-state index contributed by atoms with van der Waals surface area (Å²) in [6.45, 7) is 1.67. The van der Waals surface area contributed by atoms with E-state index in [1.165, 1.54) is 6.33 Å². The number of carbonyl (C=O) groups is 1. The Morgan fingerprint density at radius 3 is 2.76 bits per heavy atom. The van der Waals surface area contributed by atoms with Gasteiger partial charge in [-0.15, -0.1) is 0 Å². The Morgan fingerprint density at radius 1 is 1.48 bits per heavy atom. The molecule has 8 nitrogen and oxygen atoms in total. The Morgan fingerprint density at radius 2 is 2.19 bits per heavy atom. The van der Waals surface area contributed by atoms with Gasteiger partial charge >= 0.3 is 0 Å². The van der Waals surface area contributed by atoms with Crippen LogP contribution in [0.1, 0.15) is 29.1 Å². The molecule has 0 aliphatic carbocycles. The summed E-state index contributed by atoms with van der Waals surface area (Å²) in [6.07, 6.45) is 1.30. The number of benzene rings is 1. The maximum Gasteiger partial charge on any atom is 0.271 e. The lowest BCUT2D eigenvalue weighted by Gasteiger charge is -2.12. The summed E-state index contributed by atoms with van der Waals surface area (Å²) < 4.78 is 0.